The van der Waals surface area contributed by atoms with Gasteiger partial charge < -0.3 is 10.4 Å². The molecule has 1 fully saturated rings. The molecule has 1 aromatic heterocycles. The number of hydrogen-bond acceptors (Lipinski definition) is 4. The average molecular weight is 358 g/mol. The van der Waals surface area contributed by atoms with Crippen molar-refractivity contribution < 1.29 is 5.11 Å². The summed E-state index contributed by atoms with van der Waals surface area (Å²) in [6.07, 6.45) is 7.78. The second kappa shape index (κ2) is 6.92. The summed E-state index contributed by atoms with van der Waals surface area (Å²) in [4.78, 5) is 12.2. The van der Waals surface area contributed by atoms with Crippen LogP contribution in [0.5, 0.6) is 0 Å². The number of nitrogens with one attached hydrogen (secondary N) is 1. The minimum atomic E-state index is -0.678. The van der Waals surface area contributed by atoms with Crippen LogP contribution >= 0.6 is 15.9 Å². The van der Waals surface area contributed by atoms with E-state index >= 15 is 0 Å². The molecule has 0 aliphatic heterocycles. The summed E-state index contributed by atoms with van der Waals surface area (Å²) in [5.41, 5.74) is -0.180. The molecule has 1 aliphatic rings. The van der Waals surface area contributed by atoms with Crippen molar-refractivity contribution in [3.63, 3.8) is 0 Å². The van der Waals surface area contributed by atoms with E-state index in [4.69, 9.17) is 0 Å². The van der Waals surface area contributed by atoms with Crippen molar-refractivity contribution in [1.29, 1.82) is 0 Å². The zero-order valence-corrected chi connectivity index (χ0v) is 14.3. The van der Waals surface area contributed by atoms with E-state index in [1.165, 1.54) is 17.5 Å². The van der Waals surface area contributed by atoms with Gasteiger partial charge >= 0.3 is 0 Å². The second-order valence-corrected chi connectivity index (χ2v) is 7.00. The highest BCUT2D eigenvalue weighted by molar-refractivity contribution is 9.10. The van der Waals surface area contributed by atoms with Gasteiger partial charge in [0.1, 0.15) is 4.47 Å². The fraction of sp³-hybridized carbons (Fsp3) is 0.733. The summed E-state index contributed by atoms with van der Waals surface area (Å²) in [5.74, 6) is 0. The SMILES string of the molecule is CC(C)n1ncc(NCC2(O)CCCCCC2)c(Br)c1=O. The Morgan fingerprint density at radius 3 is 2.57 bits per heavy atom. The minimum absolute atomic E-state index is 0.0221. The van der Waals surface area contributed by atoms with Gasteiger partial charge in [-0.2, -0.15) is 5.10 Å². The van der Waals surface area contributed by atoms with Crippen LogP contribution < -0.4 is 10.9 Å². The maximum Gasteiger partial charge on any atom is 0.283 e. The first kappa shape index (κ1) is 16.5. The maximum atomic E-state index is 12.2. The van der Waals surface area contributed by atoms with Crippen molar-refractivity contribution in [2.24, 2.45) is 0 Å². The summed E-state index contributed by atoms with van der Waals surface area (Å²) in [5, 5.41) is 18.0. The molecule has 0 atom stereocenters. The number of aliphatic hydroxyl groups is 1. The molecule has 0 radical (unpaired) electrons. The van der Waals surface area contributed by atoms with Crippen LogP contribution in [0.25, 0.3) is 0 Å². The van der Waals surface area contributed by atoms with E-state index in [9.17, 15) is 9.90 Å². The summed E-state index contributed by atoms with van der Waals surface area (Å²) >= 11 is 3.34. The maximum absolute atomic E-state index is 12.2. The van der Waals surface area contributed by atoms with Gasteiger partial charge in [-0.05, 0) is 42.6 Å². The number of nitrogens with zero attached hydrogens (tertiary/aromatic N) is 2. The molecule has 0 spiro atoms. The van der Waals surface area contributed by atoms with Gasteiger partial charge in [0.05, 0.1) is 23.5 Å². The van der Waals surface area contributed by atoms with Crippen molar-refractivity contribution in [3.8, 4) is 0 Å². The Balaban J connectivity index is 2.10. The molecule has 21 heavy (non-hydrogen) atoms. The normalized spacial score (nSPS) is 18.5. The number of anilines is 1. The van der Waals surface area contributed by atoms with Crippen molar-refractivity contribution >= 4 is 21.6 Å². The molecule has 0 amide bonds. The lowest BCUT2D eigenvalue weighted by atomic mass is 9.94. The summed E-state index contributed by atoms with van der Waals surface area (Å²) in [7, 11) is 0. The molecule has 0 bridgehead atoms. The first-order valence-corrected chi connectivity index (χ1v) is 8.46. The predicted octanol–water partition coefficient (Wildman–Crippen LogP) is 3.08. The van der Waals surface area contributed by atoms with E-state index in [2.05, 4.69) is 26.3 Å². The standard InChI is InChI=1S/C15H24BrN3O2/c1-11(2)19-14(20)13(16)12(9-18-19)17-10-15(21)7-5-3-4-6-8-15/h9,11,17,21H,3-8,10H2,1-2H3. The Labute approximate surface area is 133 Å². The molecule has 1 heterocycles. The Hall–Kier alpha value is -0.880. The van der Waals surface area contributed by atoms with Crippen LogP contribution in [0.15, 0.2) is 15.5 Å². The third-order valence-electron chi connectivity index (χ3n) is 4.07. The second-order valence-electron chi connectivity index (χ2n) is 6.21. The molecule has 0 unspecified atom stereocenters. The minimum Gasteiger partial charge on any atom is -0.388 e. The van der Waals surface area contributed by atoms with Crippen molar-refractivity contribution in [3.05, 3.63) is 21.0 Å². The topological polar surface area (TPSA) is 67.2 Å². The number of halogens is 1. The Morgan fingerprint density at radius 2 is 2.00 bits per heavy atom. The summed E-state index contributed by atoms with van der Waals surface area (Å²) in [6, 6.07) is 0.0221. The van der Waals surface area contributed by atoms with Crippen LogP contribution in [-0.4, -0.2) is 27.0 Å². The van der Waals surface area contributed by atoms with Crippen LogP contribution in [0, 0.1) is 0 Å². The average Bonchev–Trinajstić information content (AvgIpc) is 2.65. The molecular formula is C15H24BrN3O2. The van der Waals surface area contributed by atoms with Gasteiger partial charge in [-0.25, -0.2) is 4.68 Å². The van der Waals surface area contributed by atoms with Crippen molar-refractivity contribution in [2.45, 2.75) is 64.0 Å². The molecule has 5 nitrogen and oxygen atoms in total. The van der Waals surface area contributed by atoms with Gasteiger partial charge in [-0.3, -0.25) is 4.79 Å². The van der Waals surface area contributed by atoms with Gasteiger partial charge in [-0.1, -0.05) is 25.7 Å². The molecular weight excluding hydrogens is 334 g/mol. The summed E-state index contributed by atoms with van der Waals surface area (Å²) in [6.45, 7) is 4.29. The Kier molecular flexibility index (Phi) is 5.43. The summed E-state index contributed by atoms with van der Waals surface area (Å²) < 4.78 is 1.92. The third kappa shape index (κ3) is 4.07. The fourth-order valence-corrected chi connectivity index (χ4v) is 3.18. The fourth-order valence-electron chi connectivity index (χ4n) is 2.76. The van der Waals surface area contributed by atoms with Crippen LogP contribution in [0.3, 0.4) is 0 Å². The van der Waals surface area contributed by atoms with E-state index < -0.39 is 5.60 Å². The lowest BCUT2D eigenvalue weighted by molar-refractivity contribution is 0.0381. The van der Waals surface area contributed by atoms with Crippen LogP contribution in [-0.2, 0) is 0 Å². The highest BCUT2D eigenvalue weighted by Gasteiger charge is 2.28. The molecule has 1 aromatic rings. The smallest absolute Gasteiger partial charge is 0.283 e. The monoisotopic (exact) mass is 357 g/mol. The Morgan fingerprint density at radius 1 is 1.38 bits per heavy atom. The molecule has 0 aromatic carbocycles. The van der Waals surface area contributed by atoms with Gasteiger partial charge in [0, 0.05) is 6.54 Å². The number of rotatable bonds is 4. The lowest BCUT2D eigenvalue weighted by Crippen LogP contribution is -2.37. The van der Waals surface area contributed by atoms with Gasteiger partial charge in [0.2, 0.25) is 0 Å². The van der Waals surface area contributed by atoms with E-state index in [0.29, 0.717) is 16.7 Å². The zero-order chi connectivity index (χ0) is 15.5. The van der Waals surface area contributed by atoms with Crippen LogP contribution in [0.4, 0.5) is 5.69 Å². The quantitative estimate of drug-likeness (QED) is 0.812. The first-order chi connectivity index (χ1) is 9.93. The van der Waals surface area contributed by atoms with E-state index in [1.807, 2.05) is 13.8 Å². The largest absolute Gasteiger partial charge is 0.388 e. The van der Waals surface area contributed by atoms with E-state index in [1.54, 1.807) is 6.20 Å². The van der Waals surface area contributed by atoms with E-state index in [-0.39, 0.29) is 11.6 Å². The third-order valence-corrected chi connectivity index (χ3v) is 4.84. The Bertz CT molecular complexity index is 534. The molecule has 1 saturated carbocycles. The molecule has 2 N–H and O–H groups in total. The molecule has 118 valence electrons. The first-order valence-electron chi connectivity index (χ1n) is 7.66. The van der Waals surface area contributed by atoms with Gasteiger partial charge in [0.15, 0.2) is 0 Å². The lowest BCUT2D eigenvalue weighted by Gasteiger charge is -2.27. The highest BCUT2D eigenvalue weighted by Crippen LogP contribution is 2.28. The molecule has 0 saturated heterocycles. The number of hydrogen-bond donors (Lipinski definition) is 2. The molecule has 6 heteroatoms. The van der Waals surface area contributed by atoms with Crippen LogP contribution in [0.1, 0.15) is 58.4 Å². The van der Waals surface area contributed by atoms with Gasteiger partial charge in [0.25, 0.3) is 5.56 Å². The molecule has 2 rings (SSSR count). The van der Waals surface area contributed by atoms with Crippen molar-refractivity contribution in [2.75, 3.05) is 11.9 Å². The van der Waals surface area contributed by atoms with Gasteiger partial charge in [-0.15, -0.1) is 0 Å². The predicted molar refractivity (Wildman–Crippen MR) is 87.7 cm³/mol. The van der Waals surface area contributed by atoms with Crippen molar-refractivity contribution in [1.82, 2.24) is 9.78 Å². The molecule has 1 aliphatic carbocycles. The highest BCUT2D eigenvalue weighted by atomic mass is 79.9. The van der Waals surface area contributed by atoms with E-state index in [0.717, 1.165) is 25.7 Å². The zero-order valence-electron chi connectivity index (χ0n) is 12.7. The van der Waals surface area contributed by atoms with Crippen LogP contribution in [0.2, 0.25) is 0 Å². The number of aromatic nitrogens is 2.